The van der Waals surface area contributed by atoms with Gasteiger partial charge in [0.15, 0.2) is 18.4 Å². The van der Waals surface area contributed by atoms with Gasteiger partial charge in [-0.25, -0.2) is 0 Å². The quantitative estimate of drug-likeness (QED) is 0.193. The van der Waals surface area contributed by atoms with Crippen LogP contribution in [0.4, 0.5) is 0 Å². The number of rotatable bonds is 6. The molecule has 4 aliphatic carbocycles. The average molecular weight is 739 g/mol. The minimum atomic E-state index is -1.72. The molecule has 52 heavy (non-hydrogen) atoms. The molecule has 0 radical (unpaired) electrons. The van der Waals surface area contributed by atoms with Crippen molar-refractivity contribution in [1.82, 2.24) is 0 Å². The lowest BCUT2D eigenvalue weighted by Gasteiger charge is -2.58. The first-order chi connectivity index (χ1) is 24.7. The maximum absolute atomic E-state index is 11.1. The van der Waals surface area contributed by atoms with E-state index in [0.717, 1.165) is 38.7 Å². The van der Waals surface area contributed by atoms with Crippen molar-refractivity contribution in [2.45, 2.75) is 165 Å². The lowest BCUT2D eigenvalue weighted by molar-refractivity contribution is -0.363. The van der Waals surface area contributed by atoms with Crippen LogP contribution in [0, 0.1) is 46.3 Å². The second-order valence-electron chi connectivity index (χ2n) is 18.3. The highest BCUT2D eigenvalue weighted by molar-refractivity contribution is 5.26. The van der Waals surface area contributed by atoms with Gasteiger partial charge in [-0.15, -0.1) is 0 Å². The summed E-state index contributed by atoms with van der Waals surface area (Å²) in [6.07, 6.45) is -3.06. The van der Waals surface area contributed by atoms with Crippen LogP contribution in [0.15, 0.2) is 11.6 Å². The predicted octanol–water partition coefficient (Wildman–Crippen LogP) is 1.36. The standard InChI is InChI=1S/C39H62O13/c1-18-7-12-39(47-17-18)19(2)28-25(52-39)14-24-22-6-5-20-13-21(8-10-37(20,3)23(22)9-11-38(24,28)4)48-35-33(46)31(44)34(27(16-41)50-35)51-36-32(45)30(43)29(42)26(15-40)49-36/h5,18-19,21-36,40-46H,6-17H2,1-4H3/t18-,19+,21+,22-,23+,24+,25?,26-,27-,28?,29-,30+,31-,32-,33-,34-,35-,36+,37+,38+,39-/m1/s1. The molecule has 21 atom stereocenters. The Morgan fingerprint density at radius 3 is 2.21 bits per heavy atom. The first kappa shape index (κ1) is 38.1. The first-order valence-corrected chi connectivity index (χ1v) is 20.0. The van der Waals surface area contributed by atoms with Gasteiger partial charge in [-0.2, -0.15) is 0 Å². The molecule has 1 spiro atoms. The van der Waals surface area contributed by atoms with Crippen molar-refractivity contribution in [3.05, 3.63) is 11.6 Å². The number of fused-ring (bicyclic) bond motifs is 7. The predicted molar refractivity (Wildman–Crippen MR) is 183 cm³/mol. The van der Waals surface area contributed by atoms with Crippen LogP contribution < -0.4 is 0 Å². The molecular formula is C39H62O13. The van der Waals surface area contributed by atoms with E-state index in [1.165, 1.54) is 24.8 Å². The molecule has 0 aromatic carbocycles. The molecule has 0 aromatic rings. The summed E-state index contributed by atoms with van der Waals surface area (Å²) in [6.45, 7) is 9.20. The third kappa shape index (κ3) is 5.90. The maximum Gasteiger partial charge on any atom is 0.187 e. The molecule has 13 nitrogen and oxygen atoms in total. The van der Waals surface area contributed by atoms with Crippen molar-refractivity contribution in [3.63, 3.8) is 0 Å². The molecule has 0 aromatic heterocycles. The highest BCUT2D eigenvalue weighted by Gasteiger charge is 2.68. The smallest absolute Gasteiger partial charge is 0.187 e. The highest BCUT2D eigenvalue weighted by atomic mass is 16.7. The largest absolute Gasteiger partial charge is 0.394 e. The third-order valence-electron chi connectivity index (χ3n) is 15.6. The molecule has 4 aliphatic heterocycles. The second kappa shape index (κ2) is 14.0. The fourth-order valence-corrected chi connectivity index (χ4v) is 12.6. The zero-order valence-corrected chi connectivity index (χ0v) is 31.0. The van der Waals surface area contributed by atoms with Crippen LogP contribution in [0.3, 0.4) is 0 Å². The number of ether oxygens (including phenoxy) is 6. The Kier molecular flexibility index (Phi) is 10.3. The monoisotopic (exact) mass is 738 g/mol. The normalized spacial score (nSPS) is 57.5. The van der Waals surface area contributed by atoms with Gasteiger partial charge in [0.25, 0.3) is 0 Å². The zero-order valence-electron chi connectivity index (χ0n) is 31.0. The minimum absolute atomic E-state index is 0.0572. The SMILES string of the molecule is C[C@@H]1CC[C@@]2(OC1)OC1C[C@H]3[C@@H]4CC=C5C[C@@H](O[C@@H]6O[C@H](CO)[C@@H](O[C@@H]7O[C@H](CO)[C@@H](O)[C@H](O)[C@H]7O)[C@H](O)[C@H]6O)CC[C@]5(C)[C@H]4CC[C@]3(C)C1[C@@H]2C. The van der Waals surface area contributed by atoms with Crippen molar-refractivity contribution < 1.29 is 64.2 Å². The Morgan fingerprint density at radius 1 is 0.788 bits per heavy atom. The van der Waals surface area contributed by atoms with Gasteiger partial charge in [0.05, 0.1) is 32.0 Å². The average Bonchev–Trinajstić information content (AvgIpc) is 3.58. The Hall–Kier alpha value is -0.780. The summed E-state index contributed by atoms with van der Waals surface area (Å²) in [7, 11) is 0. The van der Waals surface area contributed by atoms with Gasteiger partial charge >= 0.3 is 0 Å². The van der Waals surface area contributed by atoms with Crippen LogP contribution in [0.25, 0.3) is 0 Å². The van der Waals surface area contributed by atoms with Crippen LogP contribution in [0.1, 0.15) is 85.5 Å². The molecule has 8 aliphatic rings. The molecule has 296 valence electrons. The molecule has 8 rings (SSSR count). The maximum atomic E-state index is 11.1. The Balaban J connectivity index is 0.913. The molecule has 7 N–H and O–H groups in total. The van der Waals surface area contributed by atoms with E-state index in [2.05, 4.69) is 33.8 Å². The van der Waals surface area contributed by atoms with Crippen molar-refractivity contribution >= 4 is 0 Å². The molecule has 0 amide bonds. The Labute approximate surface area is 306 Å². The number of allylic oxidation sites excluding steroid dienone is 1. The lowest BCUT2D eigenvalue weighted by atomic mass is 9.47. The summed E-state index contributed by atoms with van der Waals surface area (Å²) >= 11 is 0. The van der Waals surface area contributed by atoms with Crippen LogP contribution in [-0.2, 0) is 28.4 Å². The minimum Gasteiger partial charge on any atom is -0.394 e. The van der Waals surface area contributed by atoms with E-state index in [4.69, 9.17) is 28.4 Å². The van der Waals surface area contributed by atoms with E-state index in [1.54, 1.807) is 0 Å². The number of aliphatic hydroxyl groups excluding tert-OH is 7. The Morgan fingerprint density at radius 2 is 1.50 bits per heavy atom. The molecule has 0 bridgehead atoms. The molecule has 3 saturated carbocycles. The van der Waals surface area contributed by atoms with Gasteiger partial charge in [-0.05, 0) is 91.8 Å². The van der Waals surface area contributed by atoms with Crippen LogP contribution in [0.5, 0.6) is 0 Å². The van der Waals surface area contributed by atoms with Gasteiger partial charge < -0.3 is 64.2 Å². The van der Waals surface area contributed by atoms with Gasteiger partial charge in [-0.3, -0.25) is 0 Å². The molecule has 7 fully saturated rings. The summed E-state index contributed by atoms with van der Waals surface area (Å²) in [5, 5.41) is 72.7. The lowest BCUT2D eigenvalue weighted by Crippen LogP contribution is -2.65. The van der Waals surface area contributed by atoms with E-state index in [9.17, 15) is 35.7 Å². The van der Waals surface area contributed by atoms with Crippen molar-refractivity contribution in [1.29, 1.82) is 0 Å². The van der Waals surface area contributed by atoms with Gasteiger partial charge in [0, 0.05) is 12.3 Å². The molecule has 2 unspecified atom stereocenters. The fourth-order valence-electron chi connectivity index (χ4n) is 12.6. The summed E-state index contributed by atoms with van der Waals surface area (Å²) < 4.78 is 36.9. The number of hydrogen-bond donors (Lipinski definition) is 7. The Bertz CT molecular complexity index is 1320. The number of hydrogen-bond acceptors (Lipinski definition) is 13. The van der Waals surface area contributed by atoms with E-state index in [0.29, 0.717) is 41.9 Å². The highest BCUT2D eigenvalue weighted by Crippen LogP contribution is 2.70. The van der Waals surface area contributed by atoms with Crippen LogP contribution in [0.2, 0.25) is 0 Å². The van der Waals surface area contributed by atoms with Crippen molar-refractivity contribution in [2.24, 2.45) is 46.3 Å². The molecular weight excluding hydrogens is 676 g/mol. The van der Waals surface area contributed by atoms with Crippen LogP contribution >= 0.6 is 0 Å². The van der Waals surface area contributed by atoms with Gasteiger partial charge in [0.2, 0.25) is 0 Å². The summed E-state index contributed by atoms with van der Waals surface area (Å²) in [5.74, 6) is 2.92. The van der Waals surface area contributed by atoms with Gasteiger partial charge in [0.1, 0.15) is 48.8 Å². The number of aliphatic hydroxyl groups is 7. The zero-order chi connectivity index (χ0) is 36.9. The van der Waals surface area contributed by atoms with E-state index >= 15 is 0 Å². The van der Waals surface area contributed by atoms with Crippen molar-refractivity contribution in [3.8, 4) is 0 Å². The topological polar surface area (TPSA) is 197 Å². The molecule has 13 heteroatoms. The van der Waals surface area contributed by atoms with Gasteiger partial charge in [-0.1, -0.05) is 39.3 Å². The van der Waals surface area contributed by atoms with E-state index < -0.39 is 80.4 Å². The first-order valence-electron chi connectivity index (χ1n) is 20.0. The van der Waals surface area contributed by atoms with E-state index in [1.807, 2.05) is 0 Å². The second-order valence-corrected chi connectivity index (χ2v) is 18.3. The fraction of sp³-hybridized carbons (Fsp3) is 0.949. The molecule has 4 saturated heterocycles. The van der Waals surface area contributed by atoms with E-state index in [-0.39, 0.29) is 23.0 Å². The summed E-state index contributed by atoms with van der Waals surface area (Å²) in [6, 6.07) is 0. The van der Waals surface area contributed by atoms with Crippen LogP contribution in [-0.4, -0.2) is 135 Å². The third-order valence-corrected chi connectivity index (χ3v) is 15.6. The molecule has 4 heterocycles. The summed E-state index contributed by atoms with van der Waals surface area (Å²) in [5.41, 5.74) is 1.70. The summed E-state index contributed by atoms with van der Waals surface area (Å²) in [4.78, 5) is 0. The van der Waals surface area contributed by atoms with Crippen molar-refractivity contribution in [2.75, 3.05) is 19.8 Å².